The van der Waals surface area contributed by atoms with Gasteiger partial charge >= 0.3 is 0 Å². The van der Waals surface area contributed by atoms with Crippen molar-refractivity contribution in [1.82, 2.24) is 26.5 Å². The maximum Gasteiger partial charge on any atom is 0.273 e. The Hall–Kier alpha value is -3.52. The van der Waals surface area contributed by atoms with Gasteiger partial charge in [-0.2, -0.15) is 0 Å². The number of amides is 1. The van der Waals surface area contributed by atoms with Gasteiger partial charge in [-0.15, -0.1) is 0 Å². The molecule has 0 spiro atoms. The fraction of sp³-hybridized carbons (Fsp3) is 0.273. The Morgan fingerprint density at radius 1 is 1.13 bits per heavy atom. The molecule has 0 bridgehead atoms. The highest BCUT2D eigenvalue weighted by molar-refractivity contribution is 6.02. The lowest BCUT2D eigenvalue weighted by Gasteiger charge is -2.34. The number of hydrogen-bond donors (Lipinski definition) is 6. The third kappa shape index (κ3) is 3.46. The Morgan fingerprint density at radius 3 is 2.93 bits per heavy atom. The second-order valence-corrected chi connectivity index (χ2v) is 7.83. The second kappa shape index (κ2) is 7.72. The predicted molar refractivity (Wildman–Crippen MR) is 116 cm³/mol. The van der Waals surface area contributed by atoms with Gasteiger partial charge in [-0.05, 0) is 43.2 Å². The van der Waals surface area contributed by atoms with Crippen molar-refractivity contribution in [2.45, 2.75) is 37.8 Å². The minimum Gasteiger partial charge on any atom is -0.367 e. The predicted octanol–water partition coefficient (Wildman–Crippen LogP) is 1.68. The lowest BCUT2D eigenvalue weighted by Crippen LogP contribution is -2.50. The molecule has 1 aliphatic carbocycles. The van der Waals surface area contributed by atoms with Crippen LogP contribution in [0, 0.1) is 0 Å². The number of fused-ring (bicyclic) bond motifs is 2. The first-order valence-electron chi connectivity index (χ1n) is 10.3. The van der Waals surface area contributed by atoms with Crippen LogP contribution >= 0.6 is 0 Å². The lowest BCUT2D eigenvalue weighted by atomic mass is 9.91. The highest BCUT2D eigenvalue weighted by Gasteiger charge is 2.29. The summed E-state index contributed by atoms with van der Waals surface area (Å²) in [6.45, 7) is 0. The molecular formula is C22H25N7O. The van der Waals surface area contributed by atoms with Gasteiger partial charge in [0.15, 0.2) is 0 Å². The Morgan fingerprint density at radius 2 is 2.03 bits per heavy atom. The van der Waals surface area contributed by atoms with Gasteiger partial charge in [0.05, 0.1) is 11.1 Å². The lowest BCUT2D eigenvalue weighted by molar-refractivity contribution is -0.118. The first kappa shape index (κ1) is 18.5. The number of carbonyl (C=O) groups excluding carboxylic acids is 1. The fourth-order valence-corrected chi connectivity index (χ4v) is 4.26. The maximum absolute atomic E-state index is 12.6. The van der Waals surface area contributed by atoms with Gasteiger partial charge < -0.3 is 27.1 Å². The topological polar surface area (TPSA) is 116 Å². The summed E-state index contributed by atoms with van der Waals surface area (Å²) in [7, 11) is 0. The summed E-state index contributed by atoms with van der Waals surface area (Å²) in [6.07, 6.45) is 9.89. The van der Waals surface area contributed by atoms with Crippen LogP contribution in [0.4, 0.5) is 5.69 Å². The number of aromatic nitrogens is 1. The molecule has 2 atom stereocenters. The molecule has 7 N–H and O–H groups in total. The number of anilines is 1. The van der Waals surface area contributed by atoms with E-state index in [-0.39, 0.29) is 18.0 Å². The van der Waals surface area contributed by atoms with E-state index in [1.807, 2.05) is 36.4 Å². The minimum atomic E-state index is -0.203. The van der Waals surface area contributed by atoms with Crippen molar-refractivity contribution >= 4 is 22.5 Å². The third-order valence-corrected chi connectivity index (χ3v) is 5.80. The average molecular weight is 403 g/mol. The number of hydrazine groups is 1. The Balaban J connectivity index is 1.48. The Kier molecular flexibility index (Phi) is 4.76. The average Bonchev–Trinajstić information content (AvgIpc) is 2.76. The molecule has 154 valence electrons. The fourth-order valence-electron chi connectivity index (χ4n) is 4.26. The molecule has 8 nitrogen and oxygen atoms in total. The van der Waals surface area contributed by atoms with Crippen molar-refractivity contribution in [2.75, 3.05) is 5.32 Å². The molecule has 2 aliphatic heterocycles. The highest BCUT2D eigenvalue weighted by Crippen LogP contribution is 2.28. The molecule has 1 aromatic carbocycles. The van der Waals surface area contributed by atoms with E-state index in [4.69, 9.17) is 5.73 Å². The first-order chi connectivity index (χ1) is 14.7. The number of nitrogens with two attached hydrogens (primary N) is 1. The molecular weight excluding hydrogens is 378 g/mol. The van der Waals surface area contributed by atoms with Crippen LogP contribution in [-0.4, -0.2) is 23.0 Å². The number of carbonyl (C=O) groups is 1. The van der Waals surface area contributed by atoms with Crippen LogP contribution in [0.15, 0.2) is 71.6 Å². The van der Waals surface area contributed by atoms with E-state index in [0.717, 1.165) is 40.8 Å². The number of nitrogens with zero attached hydrogens (tertiary/aromatic N) is 1. The van der Waals surface area contributed by atoms with Gasteiger partial charge in [0.25, 0.3) is 5.91 Å². The van der Waals surface area contributed by atoms with Crippen LogP contribution in [0.2, 0.25) is 0 Å². The van der Waals surface area contributed by atoms with Crippen LogP contribution < -0.4 is 32.5 Å². The zero-order valence-corrected chi connectivity index (χ0v) is 16.5. The highest BCUT2D eigenvalue weighted by atomic mass is 16.2. The maximum atomic E-state index is 12.6. The van der Waals surface area contributed by atoms with Crippen LogP contribution in [-0.2, 0) is 4.79 Å². The molecule has 30 heavy (non-hydrogen) atoms. The minimum absolute atomic E-state index is 0.120. The van der Waals surface area contributed by atoms with Crippen LogP contribution in [0.5, 0.6) is 0 Å². The van der Waals surface area contributed by atoms with E-state index >= 15 is 0 Å². The van der Waals surface area contributed by atoms with E-state index in [1.165, 1.54) is 12.8 Å². The van der Waals surface area contributed by atoms with Crippen molar-refractivity contribution < 1.29 is 4.79 Å². The molecule has 3 aliphatic rings. The van der Waals surface area contributed by atoms with Gasteiger partial charge in [-0.25, -0.2) is 0 Å². The van der Waals surface area contributed by atoms with Gasteiger partial charge in [-0.1, -0.05) is 18.9 Å². The molecule has 1 amide bonds. The SMILES string of the molecule is N[C@H]1CCCC[C@H]1NC1=CC2=CNNC(=O)C2=C(Nc2cccc3ncccc23)N1. The summed E-state index contributed by atoms with van der Waals surface area (Å²) in [4.78, 5) is 17.0. The van der Waals surface area contributed by atoms with Crippen molar-refractivity contribution in [1.29, 1.82) is 0 Å². The third-order valence-electron chi connectivity index (χ3n) is 5.80. The molecule has 8 heteroatoms. The molecule has 1 saturated carbocycles. The summed E-state index contributed by atoms with van der Waals surface area (Å²) < 4.78 is 0. The van der Waals surface area contributed by atoms with Crippen LogP contribution in [0.3, 0.4) is 0 Å². The smallest absolute Gasteiger partial charge is 0.273 e. The molecule has 3 heterocycles. The quantitative estimate of drug-likeness (QED) is 0.460. The van der Waals surface area contributed by atoms with E-state index < -0.39 is 0 Å². The summed E-state index contributed by atoms with van der Waals surface area (Å²) in [6, 6.07) is 10.1. The van der Waals surface area contributed by atoms with Gasteiger partial charge in [0, 0.05) is 41.1 Å². The van der Waals surface area contributed by atoms with Gasteiger partial charge in [0.1, 0.15) is 11.6 Å². The number of benzene rings is 1. The van der Waals surface area contributed by atoms with E-state index in [0.29, 0.717) is 11.4 Å². The summed E-state index contributed by atoms with van der Waals surface area (Å²) in [5.74, 6) is 1.24. The van der Waals surface area contributed by atoms with Crippen molar-refractivity contribution in [3.63, 3.8) is 0 Å². The van der Waals surface area contributed by atoms with E-state index in [9.17, 15) is 4.79 Å². The zero-order chi connectivity index (χ0) is 20.5. The monoisotopic (exact) mass is 403 g/mol. The molecule has 1 aromatic heterocycles. The standard InChI is InChI=1S/C22H25N7O/c23-15-6-1-2-7-18(15)26-19-11-13-12-25-29-22(30)20(13)21(28-19)27-17-9-3-8-16-14(17)5-4-10-24-16/h3-5,8-12,15,18,25-28H,1-2,6-7,23H2,(H,29,30)/t15-,18+/m0/s1. The number of pyridine rings is 1. The largest absolute Gasteiger partial charge is 0.367 e. The number of hydrogen-bond acceptors (Lipinski definition) is 7. The van der Waals surface area contributed by atoms with E-state index in [2.05, 4.69) is 31.8 Å². The molecule has 0 saturated heterocycles. The Labute approximate surface area is 174 Å². The van der Waals surface area contributed by atoms with Crippen molar-refractivity contribution in [3.05, 3.63) is 71.6 Å². The molecule has 1 fully saturated rings. The molecule has 0 unspecified atom stereocenters. The normalized spacial score (nSPS) is 23.4. The van der Waals surface area contributed by atoms with Crippen molar-refractivity contribution in [3.8, 4) is 0 Å². The number of rotatable bonds is 4. The van der Waals surface area contributed by atoms with E-state index in [1.54, 1.807) is 12.4 Å². The van der Waals surface area contributed by atoms with Crippen LogP contribution in [0.25, 0.3) is 10.9 Å². The number of dihydropyridines is 1. The van der Waals surface area contributed by atoms with Crippen molar-refractivity contribution in [2.24, 2.45) is 5.73 Å². The van der Waals surface area contributed by atoms with Gasteiger partial charge in [-0.3, -0.25) is 15.2 Å². The number of allylic oxidation sites excluding steroid dienone is 1. The second-order valence-electron chi connectivity index (χ2n) is 7.83. The summed E-state index contributed by atoms with van der Waals surface area (Å²) >= 11 is 0. The summed E-state index contributed by atoms with van der Waals surface area (Å²) in [5.41, 5.74) is 14.9. The van der Waals surface area contributed by atoms with Crippen LogP contribution in [0.1, 0.15) is 25.7 Å². The first-order valence-corrected chi connectivity index (χ1v) is 10.3. The summed E-state index contributed by atoms with van der Waals surface area (Å²) in [5, 5.41) is 11.3. The molecule has 2 aromatic rings. The van der Waals surface area contributed by atoms with Gasteiger partial charge in [0.2, 0.25) is 0 Å². The number of nitrogens with one attached hydrogen (secondary N) is 5. The molecule has 0 radical (unpaired) electrons. The Bertz CT molecular complexity index is 1080. The molecule has 5 rings (SSSR count). The zero-order valence-electron chi connectivity index (χ0n) is 16.5.